The molecule has 0 aliphatic heterocycles. The number of thiazole rings is 1. The minimum atomic E-state index is -0.270. The van der Waals surface area contributed by atoms with Gasteiger partial charge in [-0.2, -0.15) is 0 Å². The number of carbonyl (C=O) groups excluding carboxylic acids is 3. The molecule has 0 fully saturated rings. The molecule has 0 spiro atoms. The van der Waals surface area contributed by atoms with E-state index in [-0.39, 0.29) is 37.0 Å². The third-order valence-electron chi connectivity index (χ3n) is 4.12. The van der Waals surface area contributed by atoms with E-state index in [1.54, 1.807) is 0 Å². The maximum absolute atomic E-state index is 12.2. The standard InChI is InChI=1S/C22H21N3O3S/c1-15(26)21-20(17-10-6-3-7-11-17)25-22(29-21)24-18(27)12-13-23-19(28)14-16-8-4-2-5-9-16/h2-11H,12-14H2,1H3,(H,23,28)(H,24,25,27). The van der Waals surface area contributed by atoms with Crippen LogP contribution in [0.2, 0.25) is 0 Å². The number of carbonyl (C=O) groups is 3. The first-order valence-electron chi connectivity index (χ1n) is 9.20. The van der Waals surface area contributed by atoms with Crippen molar-refractivity contribution in [2.75, 3.05) is 11.9 Å². The van der Waals surface area contributed by atoms with Gasteiger partial charge in [-0.05, 0) is 5.56 Å². The van der Waals surface area contributed by atoms with Crippen molar-refractivity contribution in [1.29, 1.82) is 0 Å². The van der Waals surface area contributed by atoms with Crippen molar-refractivity contribution in [2.45, 2.75) is 19.8 Å². The Morgan fingerprint density at radius 1 is 0.931 bits per heavy atom. The average Bonchev–Trinajstić information content (AvgIpc) is 3.13. The van der Waals surface area contributed by atoms with Crippen molar-refractivity contribution in [3.8, 4) is 11.3 Å². The molecule has 2 aromatic carbocycles. The molecule has 6 nitrogen and oxygen atoms in total. The molecule has 29 heavy (non-hydrogen) atoms. The predicted octanol–water partition coefficient (Wildman–Crippen LogP) is 3.70. The van der Waals surface area contributed by atoms with Crippen LogP contribution < -0.4 is 10.6 Å². The molecule has 7 heteroatoms. The molecule has 0 aliphatic rings. The topological polar surface area (TPSA) is 88.2 Å². The van der Waals surface area contributed by atoms with E-state index < -0.39 is 0 Å². The van der Waals surface area contributed by atoms with Crippen LogP contribution in [0.1, 0.15) is 28.6 Å². The molecule has 2 amide bonds. The summed E-state index contributed by atoms with van der Waals surface area (Å²) in [5.74, 6) is -0.507. The molecule has 3 rings (SSSR count). The van der Waals surface area contributed by atoms with E-state index >= 15 is 0 Å². The number of hydrogen-bond donors (Lipinski definition) is 2. The van der Waals surface area contributed by atoms with E-state index in [0.29, 0.717) is 15.7 Å². The van der Waals surface area contributed by atoms with Gasteiger partial charge >= 0.3 is 0 Å². The van der Waals surface area contributed by atoms with Crippen molar-refractivity contribution in [3.63, 3.8) is 0 Å². The van der Waals surface area contributed by atoms with Gasteiger partial charge < -0.3 is 10.6 Å². The summed E-state index contributed by atoms with van der Waals surface area (Å²) in [6.07, 6.45) is 0.396. The summed E-state index contributed by atoms with van der Waals surface area (Å²) in [6, 6.07) is 18.8. The summed E-state index contributed by atoms with van der Waals surface area (Å²) < 4.78 is 0. The fourth-order valence-corrected chi connectivity index (χ4v) is 3.64. The summed E-state index contributed by atoms with van der Waals surface area (Å²) in [5, 5.41) is 5.82. The number of anilines is 1. The van der Waals surface area contributed by atoms with E-state index in [9.17, 15) is 14.4 Å². The van der Waals surface area contributed by atoms with Gasteiger partial charge in [0.1, 0.15) is 0 Å². The van der Waals surface area contributed by atoms with Crippen LogP contribution in [0.3, 0.4) is 0 Å². The van der Waals surface area contributed by atoms with Gasteiger partial charge in [0, 0.05) is 25.5 Å². The van der Waals surface area contributed by atoms with Gasteiger partial charge in [-0.1, -0.05) is 72.0 Å². The van der Waals surface area contributed by atoms with Crippen molar-refractivity contribution < 1.29 is 14.4 Å². The number of amides is 2. The Balaban J connectivity index is 1.54. The van der Waals surface area contributed by atoms with Crippen molar-refractivity contribution >= 4 is 34.1 Å². The molecule has 1 heterocycles. The molecule has 3 aromatic rings. The first-order chi connectivity index (χ1) is 14.0. The smallest absolute Gasteiger partial charge is 0.227 e. The number of nitrogens with one attached hydrogen (secondary N) is 2. The van der Waals surface area contributed by atoms with Gasteiger partial charge in [-0.3, -0.25) is 14.4 Å². The fraction of sp³-hybridized carbons (Fsp3) is 0.182. The lowest BCUT2D eigenvalue weighted by atomic mass is 10.1. The van der Waals surface area contributed by atoms with Crippen LogP contribution in [0.25, 0.3) is 11.3 Å². The Labute approximate surface area is 173 Å². The van der Waals surface area contributed by atoms with E-state index in [0.717, 1.165) is 22.5 Å². The summed E-state index contributed by atoms with van der Waals surface area (Å²) in [6.45, 7) is 1.71. The number of Topliss-reactive ketones (excluding diaryl/α,β-unsaturated/α-hetero) is 1. The summed E-state index contributed by atoms with van der Waals surface area (Å²) in [4.78, 5) is 41.0. The minimum absolute atomic E-state index is 0.102. The third-order valence-corrected chi connectivity index (χ3v) is 5.19. The van der Waals surface area contributed by atoms with Gasteiger partial charge in [-0.25, -0.2) is 4.98 Å². The fourth-order valence-electron chi connectivity index (χ4n) is 2.74. The largest absolute Gasteiger partial charge is 0.355 e. The van der Waals surface area contributed by atoms with E-state index in [4.69, 9.17) is 0 Å². The number of nitrogens with zero attached hydrogens (tertiary/aromatic N) is 1. The predicted molar refractivity (Wildman–Crippen MR) is 114 cm³/mol. The maximum Gasteiger partial charge on any atom is 0.227 e. The normalized spacial score (nSPS) is 10.4. The number of aromatic nitrogens is 1. The van der Waals surface area contributed by atoms with Gasteiger partial charge in [0.15, 0.2) is 10.9 Å². The van der Waals surface area contributed by atoms with E-state index in [2.05, 4.69) is 15.6 Å². The second-order valence-electron chi connectivity index (χ2n) is 6.43. The Hall–Kier alpha value is -3.32. The zero-order valence-electron chi connectivity index (χ0n) is 16.0. The molecule has 0 saturated carbocycles. The molecule has 0 saturated heterocycles. The van der Waals surface area contributed by atoms with Crippen molar-refractivity contribution in [2.24, 2.45) is 0 Å². The molecular weight excluding hydrogens is 386 g/mol. The number of benzene rings is 2. The molecule has 148 valence electrons. The summed E-state index contributed by atoms with van der Waals surface area (Å²) in [5.41, 5.74) is 2.31. The van der Waals surface area contributed by atoms with Gasteiger partial charge in [0.25, 0.3) is 0 Å². The lowest BCUT2D eigenvalue weighted by Crippen LogP contribution is -2.28. The first-order valence-corrected chi connectivity index (χ1v) is 10.0. The molecule has 0 atom stereocenters. The maximum atomic E-state index is 12.2. The highest BCUT2D eigenvalue weighted by molar-refractivity contribution is 7.18. The Morgan fingerprint density at radius 2 is 1.59 bits per heavy atom. The van der Waals surface area contributed by atoms with E-state index in [1.165, 1.54) is 6.92 Å². The Kier molecular flexibility index (Phi) is 6.86. The molecule has 0 unspecified atom stereocenters. The highest BCUT2D eigenvalue weighted by Crippen LogP contribution is 2.31. The van der Waals surface area contributed by atoms with Crippen LogP contribution in [-0.2, 0) is 16.0 Å². The monoisotopic (exact) mass is 407 g/mol. The van der Waals surface area contributed by atoms with Crippen LogP contribution in [0.15, 0.2) is 60.7 Å². The Morgan fingerprint density at radius 3 is 2.24 bits per heavy atom. The van der Waals surface area contributed by atoms with Crippen LogP contribution in [-0.4, -0.2) is 29.1 Å². The van der Waals surface area contributed by atoms with Gasteiger partial charge in [-0.15, -0.1) is 0 Å². The molecule has 1 aromatic heterocycles. The minimum Gasteiger partial charge on any atom is -0.355 e. The zero-order valence-corrected chi connectivity index (χ0v) is 16.8. The van der Waals surface area contributed by atoms with Crippen LogP contribution in [0, 0.1) is 0 Å². The van der Waals surface area contributed by atoms with Crippen LogP contribution >= 0.6 is 11.3 Å². The number of hydrogen-bond acceptors (Lipinski definition) is 5. The van der Waals surface area contributed by atoms with Crippen LogP contribution in [0.4, 0.5) is 5.13 Å². The highest BCUT2D eigenvalue weighted by atomic mass is 32.1. The van der Waals surface area contributed by atoms with Crippen molar-refractivity contribution in [3.05, 3.63) is 71.1 Å². The Bertz CT molecular complexity index is 1000. The molecule has 0 radical (unpaired) electrons. The van der Waals surface area contributed by atoms with Gasteiger partial charge in [0.2, 0.25) is 11.8 Å². The summed E-state index contributed by atoms with van der Waals surface area (Å²) >= 11 is 1.15. The quantitative estimate of drug-likeness (QED) is 0.557. The lowest BCUT2D eigenvalue weighted by Gasteiger charge is -2.05. The summed E-state index contributed by atoms with van der Waals surface area (Å²) in [7, 11) is 0. The van der Waals surface area contributed by atoms with Crippen LogP contribution in [0.5, 0.6) is 0 Å². The lowest BCUT2D eigenvalue weighted by molar-refractivity contribution is -0.120. The second kappa shape index (κ2) is 9.75. The van der Waals surface area contributed by atoms with E-state index in [1.807, 2.05) is 60.7 Å². The van der Waals surface area contributed by atoms with Crippen molar-refractivity contribution in [1.82, 2.24) is 10.3 Å². The number of ketones is 1. The third kappa shape index (κ3) is 5.83. The SMILES string of the molecule is CC(=O)c1sc(NC(=O)CCNC(=O)Cc2ccccc2)nc1-c1ccccc1. The molecular formula is C22H21N3O3S. The first kappa shape index (κ1) is 20.4. The zero-order chi connectivity index (χ0) is 20.6. The molecule has 0 bridgehead atoms. The molecule has 0 aliphatic carbocycles. The second-order valence-corrected chi connectivity index (χ2v) is 7.43. The number of rotatable bonds is 8. The van der Waals surface area contributed by atoms with Gasteiger partial charge in [0.05, 0.1) is 17.0 Å². The average molecular weight is 407 g/mol. The molecule has 2 N–H and O–H groups in total. The highest BCUT2D eigenvalue weighted by Gasteiger charge is 2.17.